The van der Waals surface area contributed by atoms with Gasteiger partial charge in [-0.25, -0.2) is 0 Å². The molecule has 12 atom stereocenters. The van der Waals surface area contributed by atoms with Crippen molar-refractivity contribution in [3.8, 4) is 23.3 Å². The number of nitrogens with two attached hydrogens (primary N) is 1. The minimum Gasteiger partial charge on any atom is -0.504 e. The molecule has 10 nitrogen and oxygen atoms in total. The molecule has 4 fully saturated rings. The number of allylic oxidation sites excluding steroid dienone is 2. The molecule has 3 saturated carbocycles. The maximum Gasteiger partial charge on any atom is 0.160 e. The number of aliphatic hydroxyl groups is 3. The number of phenolic OH excluding ortho intramolecular Hbond substituents is 1. The van der Waals surface area contributed by atoms with Gasteiger partial charge >= 0.3 is 0 Å². The number of dihydropyridines is 1. The molecule has 3 aromatic rings. The normalized spacial score (nSPS) is 32.5. The lowest BCUT2D eigenvalue weighted by atomic mass is 9.53. The summed E-state index contributed by atoms with van der Waals surface area (Å²) >= 11 is 0. The summed E-state index contributed by atoms with van der Waals surface area (Å²) in [6.45, 7) is 1.60. The van der Waals surface area contributed by atoms with Gasteiger partial charge in [0, 0.05) is 50.3 Å². The van der Waals surface area contributed by atoms with Crippen LogP contribution in [0.1, 0.15) is 112 Å². The van der Waals surface area contributed by atoms with Crippen LogP contribution in [-0.2, 0) is 16.0 Å². The van der Waals surface area contributed by atoms with Crippen molar-refractivity contribution in [3.05, 3.63) is 94.8 Å². The first-order valence-electron chi connectivity index (χ1n) is 24.1. The third-order valence-electron chi connectivity index (χ3n) is 16.7. The Morgan fingerprint density at radius 2 is 1.78 bits per heavy atom. The summed E-state index contributed by atoms with van der Waals surface area (Å²) in [6, 6.07) is 18.5. The first-order valence-corrected chi connectivity index (χ1v) is 24.1. The maximum atomic E-state index is 14.5. The molecule has 1 spiro atoms. The second-order valence-electron chi connectivity index (χ2n) is 20.0. The molecule has 2 heterocycles. The van der Waals surface area contributed by atoms with Gasteiger partial charge in [-0.3, -0.25) is 9.59 Å². The Morgan fingerprint density at radius 1 is 0.953 bits per heavy atom. The third kappa shape index (κ3) is 8.86. The topological polar surface area (TPSA) is 174 Å². The van der Waals surface area contributed by atoms with Gasteiger partial charge < -0.3 is 41.5 Å². The van der Waals surface area contributed by atoms with Gasteiger partial charge in [-0.1, -0.05) is 60.4 Å². The van der Waals surface area contributed by atoms with Crippen molar-refractivity contribution in [1.29, 1.82) is 0 Å². The van der Waals surface area contributed by atoms with Crippen molar-refractivity contribution in [2.24, 2.45) is 46.7 Å². The summed E-state index contributed by atoms with van der Waals surface area (Å²) in [6.07, 6.45) is 11.3. The zero-order valence-corrected chi connectivity index (χ0v) is 37.3. The van der Waals surface area contributed by atoms with Crippen LogP contribution >= 0.6 is 0 Å². The number of aromatic hydroxyl groups is 1. The summed E-state index contributed by atoms with van der Waals surface area (Å²) < 4.78 is 5.53. The fourth-order valence-corrected chi connectivity index (χ4v) is 13.4. The van der Waals surface area contributed by atoms with Crippen molar-refractivity contribution in [1.82, 2.24) is 10.6 Å². The van der Waals surface area contributed by atoms with Crippen LogP contribution in [0.5, 0.6) is 11.5 Å². The number of fused-ring (bicyclic) bond motifs is 5. The number of hydrogen-bond donors (Lipinski definition) is 7. The first kappa shape index (κ1) is 44.5. The minimum absolute atomic E-state index is 0.000772. The lowest BCUT2D eigenvalue weighted by Gasteiger charge is -2.55. The molecule has 1 saturated heterocycles. The first-order chi connectivity index (χ1) is 31.0. The quantitative estimate of drug-likeness (QED) is 0.100. The predicted octanol–water partition coefficient (Wildman–Crippen LogP) is 6.93. The van der Waals surface area contributed by atoms with Crippen molar-refractivity contribution in [3.63, 3.8) is 0 Å². The third-order valence-corrected chi connectivity index (χ3v) is 16.7. The SMILES string of the molecule is COc1cc2c(cc1O)[C@@H](CC[C@H](O)C[C@H](C1=CCNC(N)=C1)c1ccc3ccccc3c1)C#C[C@@]1(CC[C@H]([C@@H]3CC[C@@H]4[C@@H](CN[C@H]5CC(=O)CC[C@H]45)[C@@H]3CCO)C[C@H]1O)C(=O)CC2. The van der Waals surface area contributed by atoms with E-state index in [4.69, 9.17) is 10.5 Å². The zero-order chi connectivity index (χ0) is 44.5. The van der Waals surface area contributed by atoms with Gasteiger partial charge in [0.2, 0.25) is 0 Å². The zero-order valence-electron chi connectivity index (χ0n) is 37.3. The number of rotatable bonds is 11. The molecule has 9 rings (SSSR count). The minimum atomic E-state index is -1.21. The number of Topliss-reactive ketones (excluding diaryl/α,β-unsaturated/α-hetero) is 2. The van der Waals surface area contributed by atoms with Gasteiger partial charge in [0.05, 0.1) is 25.1 Å². The van der Waals surface area contributed by atoms with Gasteiger partial charge in [-0.05, 0) is 164 Å². The Morgan fingerprint density at radius 3 is 2.58 bits per heavy atom. The Kier molecular flexibility index (Phi) is 13.3. The fourth-order valence-electron chi connectivity index (χ4n) is 13.4. The highest BCUT2D eigenvalue weighted by Crippen LogP contribution is 2.55. The van der Waals surface area contributed by atoms with Gasteiger partial charge in [0.15, 0.2) is 17.3 Å². The molecule has 2 aliphatic heterocycles. The number of phenols is 1. The van der Waals surface area contributed by atoms with Crippen molar-refractivity contribution < 1.29 is 34.8 Å². The number of hydrogen-bond acceptors (Lipinski definition) is 10. The van der Waals surface area contributed by atoms with E-state index in [9.17, 15) is 30.0 Å². The molecule has 0 unspecified atom stereocenters. The van der Waals surface area contributed by atoms with Crippen molar-refractivity contribution in [2.75, 3.05) is 26.8 Å². The number of benzene rings is 3. The monoisotopic (exact) mass is 869 g/mol. The van der Waals surface area contributed by atoms with Crippen LogP contribution in [0, 0.1) is 52.8 Å². The van der Waals surface area contributed by atoms with Gasteiger partial charge in [0.1, 0.15) is 11.2 Å². The smallest absolute Gasteiger partial charge is 0.160 e. The Balaban J connectivity index is 0.958. The van der Waals surface area contributed by atoms with Gasteiger partial charge in [0.25, 0.3) is 0 Å². The van der Waals surface area contributed by atoms with Crippen LogP contribution in [0.2, 0.25) is 0 Å². The summed E-state index contributed by atoms with van der Waals surface area (Å²) in [5.41, 5.74) is 8.91. The highest BCUT2D eigenvalue weighted by molar-refractivity contribution is 5.89. The van der Waals surface area contributed by atoms with Crippen molar-refractivity contribution in [2.45, 2.75) is 120 Å². The van der Waals surface area contributed by atoms with Gasteiger partial charge in [-0.15, -0.1) is 0 Å². The number of carbonyl (C=O) groups excluding carboxylic acids is 2. The average Bonchev–Trinajstić information content (AvgIpc) is 3.35. The van der Waals surface area contributed by atoms with Crippen molar-refractivity contribution >= 4 is 22.3 Å². The van der Waals surface area contributed by atoms with E-state index >= 15 is 0 Å². The molecule has 0 amide bonds. The van der Waals surface area contributed by atoms with Crippen LogP contribution in [0.3, 0.4) is 0 Å². The molecular weight excluding hydrogens is 803 g/mol. The number of methoxy groups -OCH3 is 1. The molecule has 3 aromatic carbocycles. The summed E-state index contributed by atoms with van der Waals surface area (Å²) in [4.78, 5) is 26.9. The second kappa shape index (κ2) is 19.1. The highest BCUT2D eigenvalue weighted by Gasteiger charge is 2.53. The molecule has 4 aliphatic carbocycles. The predicted molar refractivity (Wildman–Crippen MR) is 248 cm³/mol. The van der Waals surface area contributed by atoms with Crippen LogP contribution in [-0.4, -0.2) is 77.0 Å². The van der Waals surface area contributed by atoms with Crippen LogP contribution in [0.25, 0.3) is 10.8 Å². The lowest BCUT2D eigenvalue weighted by molar-refractivity contribution is -0.136. The average molecular weight is 870 g/mol. The maximum absolute atomic E-state index is 14.5. The summed E-state index contributed by atoms with van der Waals surface area (Å²) in [5, 5.41) is 54.9. The molecule has 340 valence electrons. The largest absolute Gasteiger partial charge is 0.504 e. The molecule has 10 heteroatoms. The molecule has 6 aliphatic rings. The van der Waals surface area contributed by atoms with Gasteiger partial charge in [-0.2, -0.15) is 0 Å². The van der Waals surface area contributed by atoms with E-state index < -0.39 is 23.5 Å². The van der Waals surface area contributed by atoms with Crippen LogP contribution in [0.4, 0.5) is 0 Å². The number of aliphatic hydroxyl groups excluding tert-OH is 3. The second-order valence-corrected chi connectivity index (χ2v) is 20.0. The Labute approximate surface area is 378 Å². The van der Waals surface area contributed by atoms with E-state index in [0.717, 1.165) is 71.7 Å². The van der Waals surface area contributed by atoms with E-state index in [0.29, 0.717) is 105 Å². The van der Waals surface area contributed by atoms with Crippen LogP contribution in [0.15, 0.2) is 78.1 Å². The number of piperidine rings is 1. The molecule has 0 aromatic heterocycles. The molecule has 64 heavy (non-hydrogen) atoms. The van der Waals surface area contributed by atoms with E-state index in [1.165, 1.54) is 7.11 Å². The van der Waals surface area contributed by atoms with Crippen LogP contribution < -0.4 is 21.1 Å². The molecular formula is C54H67N3O7. The van der Waals surface area contributed by atoms with E-state index in [2.05, 4.69) is 58.9 Å². The van der Waals surface area contributed by atoms with E-state index in [1.54, 1.807) is 6.07 Å². The number of ketones is 2. The Hall–Kier alpha value is -4.66. The standard InChI is InChI=1S/C54H67N3O7/c1-64-50-25-36-9-15-51(62)54(21-17-37(26-52(54)63)41-13-14-42-44-12-11-40(60)29-48(44)57-31-47(42)43(41)19-23-58)20-16-33(46(36)30-49(50)61)8-10-39(59)28-45(38-18-22-56-53(55)27-38)35-7-6-32-4-2-3-5-34(32)24-35/h2-7,18,24-25,27,30,33,37,39,41-45,47-48,52,56-59,61,63H,8-15,17,19,21-23,26,28-29,31,55H2,1H3/t33-,37-,39-,41-,42-,43+,44+,45-,47+,48-,52+,54+/m0/s1. The molecule has 0 bridgehead atoms. The van der Waals surface area contributed by atoms with E-state index in [-0.39, 0.29) is 42.4 Å². The highest BCUT2D eigenvalue weighted by atomic mass is 16.5. The number of aryl methyl sites for hydroxylation is 1. The number of carbonyl (C=O) groups is 2. The number of nitrogens with one attached hydrogen (secondary N) is 2. The number of ether oxygens (including phenoxy) is 1. The lowest BCUT2D eigenvalue weighted by Crippen LogP contribution is -2.58. The van der Waals surface area contributed by atoms with E-state index in [1.807, 2.05) is 24.3 Å². The molecule has 8 N–H and O–H groups in total. The molecule has 0 radical (unpaired) electrons. The Bertz CT molecular complexity index is 2350. The fraction of sp³-hybridized carbons (Fsp3) is 0.556. The summed E-state index contributed by atoms with van der Waals surface area (Å²) in [5.74, 6) is 10.1. The summed E-state index contributed by atoms with van der Waals surface area (Å²) in [7, 11) is 1.52.